The van der Waals surface area contributed by atoms with E-state index < -0.39 is 35.8 Å². The van der Waals surface area contributed by atoms with E-state index in [1.54, 1.807) is 13.8 Å². The van der Waals surface area contributed by atoms with Gasteiger partial charge in [0.25, 0.3) is 0 Å². The van der Waals surface area contributed by atoms with Gasteiger partial charge in [0.05, 0.1) is 19.1 Å². The van der Waals surface area contributed by atoms with E-state index in [1.165, 1.54) is 0 Å². The van der Waals surface area contributed by atoms with Crippen molar-refractivity contribution < 1.29 is 24.3 Å². The maximum absolute atomic E-state index is 11.6. The minimum Gasteiger partial charge on any atom is -0.480 e. The molecule has 22 heavy (non-hydrogen) atoms. The molecule has 0 aromatic carbocycles. The average Bonchev–Trinajstić information content (AvgIpc) is 2.46. The van der Waals surface area contributed by atoms with E-state index in [1.807, 2.05) is 0 Å². The second-order valence-corrected chi connectivity index (χ2v) is 5.28. The summed E-state index contributed by atoms with van der Waals surface area (Å²) < 4.78 is 0. The van der Waals surface area contributed by atoms with Crippen molar-refractivity contribution in [2.24, 2.45) is 11.7 Å². The number of nitrogens with two attached hydrogens (primary N) is 1. The molecule has 0 spiro atoms. The van der Waals surface area contributed by atoms with Crippen LogP contribution in [0.2, 0.25) is 0 Å². The number of nitrogens with one attached hydrogen (secondary N) is 3. The maximum atomic E-state index is 11.6. The van der Waals surface area contributed by atoms with Gasteiger partial charge in [0.15, 0.2) is 0 Å². The molecule has 0 aromatic rings. The van der Waals surface area contributed by atoms with Gasteiger partial charge in [-0.3, -0.25) is 14.4 Å². The molecule has 2 atom stereocenters. The lowest BCUT2D eigenvalue weighted by Gasteiger charge is -2.18. The van der Waals surface area contributed by atoms with Crippen molar-refractivity contribution in [2.45, 2.75) is 25.9 Å². The van der Waals surface area contributed by atoms with E-state index in [9.17, 15) is 19.2 Å². The molecule has 10 heteroatoms. The Kier molecular flexibility index (Phi) is 9.18. The van der Waals surface area contributed by atoms with Crippen LogP contribution < -0.4 is 21.7 Å². The number of aliphatic carboxylic acids is 1. The molecular formula is C12H22N4O5S. The summed E-state index contributed by atoms with van der Waals surface area (Å²) in [5.74, 6) is -3.05. The van der Waals surface area contributed by atoms with E-state index in [-0.39, 0.29) is 24.8 Å². The van der Waals surface area contributed by atoms with Crippen LogP contribution in [0.1, 0.15) is 13.8 Å². The first-order valence-electron chi connectivity index (χ1n) is 6.62. The molecule has 0 aliphatic rings. The number of carboxylic acid groups (broad SMARTS) is 1. The molecule has 0 aliphatic heterocycles. The Bertz CT molecular complexity index is 430. The Morgan fingerprint density at radius 3 is 2.09 bits per heavy atom. The van der Waals surface area contributed by atoms with Gasteiger partial charge in [-0.15, -0.1) is 0 Å². The summed E-state index contributed by atoms with van der Waals surface area (Å²) >= 11 is 3.84. The number of rotatable bonds is 9. The van der Waals surface area contributed by atoms with E-state index in [4.69, 9.17) is 10.8 Å². The zero-order chi connectivity index (χ0) is 17.3. The highest BCUT2D eigenvalue weighted by Gasteiger charge is 2.23. The molecule has 0 radical (unpaired) electrons. The number of carbonyl (C=O) groups excluding carboxylic acids is 3. The van der Waals surface area contributed by atoms with Gasteiger partial charge >= 0.3 is 5.97 Å². The molecule has 126 valence electrons. The Hall–Kier alpha value is -1.81. The molecule has 0 aliphatic carbocycles. The predicted molar refractivity (Wildman–Crippen MR) is 82.3 cm³/mol. The minimum absolute atomic E-state index is 0.141. The number of thiol groups is 1. The van der Waals surface area contributed by atoms with Crippen molar-refractivity contribution in [3.8, 4) is 0 Å². The smallest absolute Gasteiger partial charge is 0.326 e. The summed E-state index contributed by atoms with van der Waals surface area (Å²) in [7, 11) is 0. The summed E-state index contributed by atoms with van der Waals surface area (Å²) in [6.45, 7) is 2.58. The highest BCUT2D eigenvalue weighted by atomic mass is 32.1. The first-order valence-corrected chi connectivity index (χ1v) is 7.25. The summed E-state index contributed by atoms with van der Waals surface area (Å²) in [4.78, 5) is 45.2. The summed E-state index contributed by atoms with van der Waals surface area (Å²) in [5, 5.41) is 15.8. The topological polar surface area (TPSA) is 151 Å². The van der Waals surface area contributed by atoms with Gasteiger partial charge in [0.2, 0.25) is 17.7 Å². The predicted octanol–water partition coefficient (Wildman–Crippen LogP) is -2.30. The van der Waals surface area contributed by atoms with Gasteiger partial charge in [-0.25, -0.2) is 4.79 Å². The summed E-state index contributed by atoms with van der Waals surface area (Å²) in [6, 6.07) is -1.85. The van der Waals surface area contributed by atoms with Crippen molar-refractivity contribution in [1.29, 1.82) is 0 Å². The van der Waals surface area contributed by atoms with Gasteiger partial charge in [-0.05, 0) is 5.92 Å². The molecule has 9 nitrogen and oxygen atoms in total. The van der Waals surface area contributed by atoms with Crippen LogP contribution in [0.15, 0.2) is 0 Å². The molecule has 2 unspecified atom stereocenters. The molecule has 0 saturated carbocycles. The van der Waals surface area contributed by atoms with Gasteiger partial charge in [0, 0.05) is 5.75 Å². The van der Waals surface area contributed by atoms with Crippen LogP contribution in [0.25, 0.3) is 0 Å². The van der Waals surface area contributed by atoms with Gasteiger partial charge in [0.1, 0.15) is 6.04 Å². The van der Waals surface area contributed by atoms with Crippen LogP contribution in [0.5, 0.6) is 0 Å². The van der Waals surface area contributed by atoms with E-state index >= 15 is 0 Å². The molecule has 0 aromatic heterocycles. The van der Waals surface area contributed by atoms with Crippen molar-refractivity contribution in [1.82, 2.24) is 16.0 Å². The largest absolute Gasteiger partial charge is 0.480 e. The molecule has 0 heterocycles. The molecule has 6 N–H and O–H groups in total. The van der Waals surface area contributed by atoms with Crippen LogP contribution >= 0.6 is 12.6 Å². The van der Waals surface area contributed by atoms with Gasteiger partial charge in [-0.2, -0.15) is 12.6 Å². The molecule has 0 rings (SSSR count). The second-order valence-electron chi connectivity index (χ2n) is 4.91. The third kappa shape index (κ3) is 7.84. The molecule has 3 amide bonds. The fourth-order valence-electron chi connectivity index (χ4n) is 1.36. The normalized spacial score (nSPS) is 13.1. The lowest BCUT2D eigenvalue weighted by molar-refractivity contribution is -0.143. The summed E-state index contributed by atoms with van der Waals surface area (Å²) in [6.07, 6.45) is 0. The molecule has 0 saturated heterocycles. The average molecular weight is 334 g/mol. The van der Waals surface area contributed by atoms with Crippen molar-refractivity contribution >= 4 is 36.3 Å². The highest BCUT2D eigenvalue weighted by molar-refractivity contribution is 7.80. The number of amides is 3. The number of hydrogen-bond acceptors (Lipinski definition) is 6. The van der Waals surface area contributed by atoms with Crippen LogP contribution in [-0.4, -0.2) is 59.7 Å². The van der Waals surface area contributed by atoms with Crippen LogP contribution in [0.4, 0.5) is 0 Å². The Labute approximate surface area is 133 Å². The molecular weight excluding hydrogens is 312 g/mol. The SMILES string of the molecule is CC(C)C(NC(=O)CNC(=O)CNC(=O)C(N)CS)C(=O)O. The Balaban J connectivity index is 4.12. The van der Waals surface area contributed by atoms with E-state index in [0.29, 0.717) is 0 Å². The lowest BCUT2D eigenvalue weighted by Crippen LogP contribution is -2.50. The fourth-order valence-corrected chi connectivity index (χ4v) is 1.53. The standard InChI is InChI=1S/C12H22N4O5S/c1-6(2)10(12(20)21)16-9(18)4-14-8(17)3-15-11(19)7(13)5-22/h6-7,10,22H,3-5,13H2,1-2H3,(H,14,17)(H,15,19)(H,16,18)(H,20,21). The number of hydrogen-bond donors (Lipinski definition) is 6. The zero-order valence-electron chi connectivity index (χ0n) is 12.5. The van der Waals surface area contributed by atoms with E-state index in [0.717, 1.165) is 0 Å². The first-order chi connectivity index (χ1) is 10.2. The van der Waals surface area contributed by atoms with Crippen molar-refractivity contribution in [2.75, 3.05) is 18.8 Å². The Morgan fingerprint density at radius 1 is 1.09 bits per heavy atom. The Morgan fingerprint density at radius 2 is 1.64 bits per heavy atom. The number of carbonyl (C=O) groups is 4. The van der Waals surface area contributed by atoms with Crippen LogP contribution in [-0.2, 0) is 19.2 Å². The van der Waals surface area contributed by atoms with Crippen molar-refractivity contribution in [3.63, 3.8) is 0 Å². The minimum atomic E-state index is -1.15. The van der Waals surface area contributed by atoms with Crippen LogP contribution in [0.3, 0.4) is 0 Å². The third-order valence-corrected chi connectivity index (χ3v) is 3.05. The zero-order valence-corrected chi connectivity index (χ0v) is 13.4. The third-order valence-electron chi connectivity index (χ3n) is 2.65. The fraction of sp³-hybridized carbons (Fsp3) is 0.667. The lowest BCUT2D eigenvalue weighted by atomic mass is 10.1. The van der Waals surface area contributed by atoms with E-state index in [2.05, 4.69) is 28.6 Å². The quantitative estimate of drug-likeness (QED) is 0.261. The first kappa shape index (κ1) is 20.2. The molecule has 0 bridgehead atoms. The molecule has 0 fully saturated rings. The maximum Gasteiger partial charge on any atom is 0.326 e. The van der Waals surface area contributed by atoms with Crippen LogP contribution in [0, 0.1) is 5.92 Å². The highest BCUT2D eigenvalue weighted by Crippen LogP contribution is 2.00. The number of carboxylic acids is 1. The van der Waals surface area contributed by atoms with Gasteiger partial charge in [-0.1, -0.05) is 13.8 Å². The van der Waals surface area contributed by atoms with Gasteiger partial charge < -0.3 is 26.8 Å². The summed E-state index contributed by atoms with van der Waals surface area (Å²) in [5.41, 5.74) is 5.40. The second kappa shape index (κ2) is 10.0. The monoisotopic (exact) mass is 334 g/mol. The van der Waals surface area contributed by atoms with Crippen molar-refractivity contribution in [3.05, 3.63) is 0 Å².